The fourth-order valence-electron chi connectivity index (χ4n) is 5.39. The van der Waals surface area contributed by atoms with Gasteiger partial charge in [0.25, 0.3) is 11.8 Å². The Morgan fingerprint density at radius 1 is 1.03 bits per heavy atom. The van der Waals surface area contributed by atoms with Crippen LogP contribution >= 0.6 is 0 Å². The van der Waals surface area contributed by atoms with E-state index in [0.29, 0.717) is 48.6 Å². The Morgan fingerprint density at radius 3 is 2.46 bits per heavy atom. The molecule has 0 unspecified atom stereocenters. The molecular weight excluding hydrogens is 511 g/mol. The van der Waals surface area contributed by atoms with Crippen LogP contribution in [0.25, 0.3) is 0 Å². The molecule has 0 atom stereocenters. The minimum absolute atomic E-state index is 0.234. The molecule has 5 rings (SSSR count). The number of nitrogens with zero attached hydrogens (tertiary/aromatic N) is 3. The number of methoxy groups -OCH3 is 1. The zero-order valence-electron chi connectivity index (χ0n) is 21.6. The van der Waals surface area contributed by atoms with Gasteiger partial charge in [0.2, 0.25) is 0 Å². The van der Waals surface area contributed by atoms with Gasteiger partial charge < -0.3 is 19.3 Å². The molecule has 2 amide bonds. The fraction of sp³-hybridized carbons (Fsp3) is 0.345. The number of halogens is 3. The first-order valence-electron chi connectivity index (χ1n) is 12.6. The topological polar surface area (TPSA) is 72.0 Å². The highest BCUT2D eigenvalue weighted by Gasteiger charge is 2.54. The van der Waals surface area contributed by atoms with E-state index in [0.717, 1.165) is 17.7 Å². The molecule has 3 aromatic rings. The highest BCUT2D eigenvalue weighted by atomic mass is 19.4. The van der Waals surface area contributed by atoms with Crippen LogP contribution < -0.4 is 9.47 Å². The maximum absolute atomic E-state index is 13.5. The van der Waals surface area contributed by atoms with Crippen LogP contribution in [0.2, 0.25) is 0 Å². The molecule has 0 N–H and O–H groups in total. The SMILES string of the molecule is COc1cc(C)c(C(=O)N2CC3(CCCN3C(=O)c3ncccc3C(F)(F)F)C2)cc1OCc1ccccc1. The van der Waals surface area contributed by atoms with Crippen LogP contribution in [0.1, 0.15) is 50.4 Å². The minimum Gasteiger partial charge on any atom is -0.493 e. The molecule has 0 bridgehead atoms. The van der Waals surface area contributed by atoms with Crippen molar-refractivity contribution in [3.05, 3.63) is 88.7 Å². The smallest absolute Gasteiger partial charge is 0.418 e. The van der Waals surface area contributed by atoms with Crippen LogP contribution in [0.3, 0.4) is 0 Å². The number of amides is 2. The van der Waals surface area contributed by atoms with Crippen LogP contribution in [-0.4, -0.2) is 58.9 Å². The number of hydrogen-bond acceptors (Lipinski definition) is 5. The molecule has 2 saturated heterocycles. The van der Waals surface area contributed by atoms with Gasteiger partial charge in [-0.15, -0.1) is 0 Å². The molecule has 204 valence electrons. The number of alkyl halides is 3. The van der Waals surface area contributed by atoms with Crippen molar-refractivity contribution in [1.29, 1.82) is 0 Å². The molecule has 2 fully saturated rings. The Morgan fingerprint density at radius 2 is 1.77 bits per heavy atom. The standard InChI is InChI=1S/C29H28F3N3O4/c1-19-14-23(38-2)24(39-16-20-8-4-3-5-9-20)15-21(19)26(36)34-17-28(18-34)11-7-13-35(28)27(37)25-22(29(30,31)32)10-6-12-33-25/h3-6,8-10,12,14-15H,7,11,13,16-18H2,1-2H3. The maximum atomic E-state index is 13.5. The van der Waals surface area contributed by atoms with E-state index >= 15 is 0 Å². The van der Waals surface area contributed by atoms with Gasteiger partial charge in [0.05, 0.1) is 18.2 Å². The van der Waals surface area contributed by atoms with Crippen molar-refractivity contribution in [3.63, 3.8) is 0 Å². The molecule has 1 spiro atoms. The van der Waals surface area contributed by atoms with Gasteiger partial charge in [-0.25, -0.2) is 0 Å². The Bertz CT molecular complexity index is 1390. The van der Waals surface area contributed by atoms with Crippen molar-refractivity contribution in [2.45, 2.75) is 38.1 Å². The highest BCUT2D eigenvalue weighted by Crippen LogP contribution is 2.41. The summed E-state index contributed by atoms with van der Waals surface area (Å²) in [5.41, 5.74) is -0.268. The van der Waals surface area contributed by atoms with E-state index in [1.807, 2.05) is 30.3 Å². The van der Waals surface area contributed by atoms with Gasteiger partial charge in [0, 0.05) is 31.4 Å². The van der Waals surface area contributed by atoms with Gasteiger partial charge in [-0.1, -0.05) is 30.3 Å². The highest BCUT2D eigenvalue weighted by molar-refractivity contribution is 5.98. The van der Waals surface area contributed by atoms with Crippen LogP contribution in [0.4, 0.5) is 13.2 Å². The van der Waals surface area contributed by atoms with E-state index in [1.165, 1.54) is 18.2 Å². The first-order chi connectivity index (χ1) is 18.6. The molecule has 0 radical (unpaired) electrons. The molecule has 1 aromatic heterocycles. The average molecular weight is 540 g/mol. The third-order valence-corrected chi connectivity index (χ3v) is 7.39. The summed E-state index contributed by atoms with van der Waals surface area (Å²) in [7, 11) is 1.53. The van der Waals surface area contributed by atoms with Gasteiger partial charge in [-0.2, -0.15) is 13.2 Å². The zero-order valence-corrected chi connectivity index (χ0v) is 21.6. The maximum Gasteiger partial charge on any atom is 0.418 e. The molecule has 0 saturated carbocycles. The lowest BCUT2D eigenvalue weighted by molar-refractivity contribution is -0.138. The molecule has 2 aliphatic heterocycles. The molecule has 10 heteroatoms. The minimum atomic E-state index is -4.69. The molecular formula is C29H28F3N3O4. The first kappa shape index (κ1) is 26.5. The largest absolute Gasteiger partial charge is 0.493 e. The summed E-state index contributed by atoms with van der Waals surface area (Å²) in [5.74, 6) is -0.0651. The number of pyridine rings is 1. The number of aromatic nitrogens is 1. The van der Waals surface area contributed by atoms with Gasteiger partial charge in [0.1, 0.15) is 12.3 Å². The number of rotatable bonds is 6. The Labute approximate surface area is 224 Å². The molecule has 2 aromatic carbocycles. The second-order valence-electron chi connectivity index (χ2n) is 9.94. The summed E-state index contributed by atoms with van der Waals surface area (Å²) >= 11 is 0. The van der Waals surface area contributed by atoms with Gasteiger partial charge in [-0.05, 0) is 55.2 Å². The third-order valence-electron chi connectivity index (χ3n) is 7.39. The van der Waals surface area contributed by atoms with E-state index in [2.05, 4.69) is 4.98 Å². The van der Waals surface area contributed by atoms with Crippen molar-refractivity contribution in [3.8, 4) is 11.5 Å². The molecule has 3 heterocycles. The van der Waals surface area contributed by atoms with Crippen molar-refractivity contribution in [2.75, 3.05) is 26.7 Å². The van der Waals surface area contributed by atoms with Crippen molar-refractivity contribution in [2.24, 2.45) is 0 Å². The van der Waals surface area contributed by atoms with E-state index in [4.69, 9.17) is 9.47 Å². The number of aryl methyl sites for hydroxylation is 1. The second-order valence-corrected chi connectivity index (χ2v) is 9.94. The van der Waals surface area contributed by atoms with E-state index in [-0.39, 0.29) is 19.0 Å². The van der Waals surface area contributed by atoms with Crippen molar-refractivity contribution >= 4 is 11.8 Å². The quantitative estimate of drug-likeness (QED) is 0.435. The number of hydrogen-bond donors (Lipinski definition) is 0. The van der Waals surface area contributed by atoms with Crippen LogP contribution in [0.15, 0.2) is 60.8 Å². The van der Waals surface area contributed by atoms with Crippen LogP contribution in [0.5, 0.6) is 11.5 Å². The molecule has 0 aliphatic carbocycles. The summed E-state index contributed by atoms with van der Waals surface area (Å²) in [6.45, 7) is 2.88. The lowest BCUT2D eigenvalue weighted by Gasteiger charge is -2.52. The number of likely N-dealkylation sites (tertiary alicyclic amines) is 2. The number of benzene rings is 2. The Kier molecular flexibility index (Phi) is 6.96. The first-order valence-corrected chi connectivity index (χ1v) is 12.6. The Balaban J connectivity index is 1.33. The second kappa shape index (κ2) is 10.2. The van der Waals surface area contributed by atoms with E-state index in [9.17, 15) is 22.8 Å². The van der Waals surface area contributed by atoms with Gasteiger partial charge >= 0.3 is 6.18 Å². The Hall–Kier alpha value is -4.08. The summed E-state index contributed by atoms with van der Waals surface area (Å²) in [5, 5.41) is 0. The monoisotopic (exact) mass is 539 g/mol. The zero-order chi connectivity index (χ0) is 27.8. The predicted molar refractivity (Wildman–Crippen MR) is 137 cm³/mol. The van der Waals surface area contributed by atoms with Crippen LogP contribution in [0, 0.1) is 6.92 Å². The fourth-order valence-corrected chi connectivity index (χ4v) is 5.39. The van der Waals surface area contributed by atoms with E-state index in [1.54, 1.807) is 24.0 Å². The average Bonchev–Trinajstić information content (AvgIpc) is 3.36. The van der Waals surface area contributed by atoms with E-state index < -0.39 is 28.9 Å². The normalized spacial score (nSPS) is 16.2. The van der Waals surface area contributed by atoms with Crippen molar-refractivity contribution < 1.29 is 32.2 Å². The number of carbonyl (C=O) groups is 2. The summed E-state index contributed by atoms with van der Waals surface area (Å²) in [4.78, 5) is 33.6. The molecule has 2 aliphatic rings. The lowest BCUT2D eigenvalue weighted by atomic mass is 9.85. The number of carbonyl (C=O) groups excluding carboxylic acids is 2. The molecule has 7 nitrogen and oxygen atoms in total. The van der Waals surface area contributed by atoms with Gasteiger partial charge in [0.15, 0.2) is 11.5 Å². The molecule has 39 heavy (non-hydrogen) atoms. The van der Waals surface area contributed by atoms with Gasteiger partial charge in [-0.3, -0.25) is 14.6 Å². The summed E-state index contributed by atoms with van der Waals surface area (Å²) in [6, 6.07) is 15.0. The van der Waals surface area contributed by atoms with Crippen molar-refractivity contribution in [1.82, 2.24) is 14.8 Å². The van der Waals surface area contributed by atoms with Crippen LogP contribution in [-0.2, 0) is 12.8 Å². The number of ether oxygens (including phenoxy) is 2. The summed E-state index contributed by atoms with van der Waals surface area (Å²) in [6.07, 6.45) is -2.27. The third kappa shape index (κ3) is 5.03. The predicted octanol–water partition coefficient (Wildman–Crippen LogP) is 5.13. The lowest BCUT2D eigenvalue weighted by Crippen LogP contribution is -2.70. The summed E-state index contributed by atoms with van der Waals surface area (Å²) < 4.78 is 52.0.